The fraction of sp³-hybridized carbons (Fsp3) is 0.389. The number of nitrogens with zero attached hydrogens (tertiary/aromatic N) is 2. The zero-order valence-corrected chi connectivity index (χ0v) is 26.8. The number of methoxy groups -OCH3 is 2. The van der Waals surface area contributed by atoms with Crippen LogP contribution < -0.4 is 9.47 Å². The van der Waals surface area contributed by atoms with Gasteiger partial charge in [0.05, 0.1) is 24.0 Å². The highest BCUT2D eigenvalue weighted by Crippen LogP contribution is 2.44. The summed E-state index contributed by atoms with van der Waals surface area (Å²) in [5.41, 5.74) is 5.86. The number of thiophene rings is 2. The van der Waals surface area contributed by atoms with Gasteiger partial charge in [-0.1, -0.05) is 38.5 Å². The first-order valence-electron chi connectivity index (χ1n) is 15.8. The first-order chi connectivity index (χ1) is 21.7. The Morgan fingerprint density at radius 2 is 0.977 bits per heavy atom. The molecule has 226 valence electrons. The molecular weight excluding hydrogens is 589 g/mol. The Bertz CT molecular complexity index is 1790. The number of oxazole rings is 2. The van der Waals surface area contributed by atoms with Gasteiger partial charge in [-0.15, -0.1) is 22.7 Å². The number of rotatable bonds is 7. The maximum atomic E-state index is 6.26. The fourth-order valence-electron chi connectivity index (χ4n) is 7.14. The smallest absolute Gasteiger partial charge is 0.237 e. The Balaban J connectivity index is 1.06. The third-order valence-corrected chi connectivity index (χ3v) is 11.8. The summed E-state index contributed by atoms with van der Waals surface area (Å²) in [6.07, 6.45) is 12.6. The van der Waals surface area contributed by atoms with Crippen LogP contribution in [0.25, 0.3) is 53.5 Å². The van der Waals surface area contributed by atoms with Gasteiger partial charge in [-0.25, -0.2) is 9.97 Å². The summed E-state index contributed by atoms with van der Waals surface area (Å²) in [7, 11) is 3.50. The summed E-state index contributed by atoms with van der Waals surface area (Å²) in [5.74, 6) is 4.19. The van der Waals surface area contributed by atoms with Gasteiger partial charge in [-0.2, -0.15) is 0 Å². The molecule has 2 aliphatic rings. The molecule has 0 bridgehead atoms. The van der Waals surface area contributed by atoms with E-state index in [0.29, 0.717) is 23.6 Å². The zero-order chi connectivity index (χ0) is 29.6. The SMILES string of the molecule is COc1cc2oc(-c3ccc(-c4ccc(-c5nc6cc(C7CCCCC7)c(OC)cc6o5)s4)s3)nc2cc1C1CCCCC1. The lowest BCUT2D eigenvalue weighted by Gasteiger charge is -2.23. The molecule has 6 aromatic rings. The summed E-state index contributed by atoms with van der Waals surface area (Å²) >= 11 is 3.38. The van der Waals surface area contributed by atoms with Crippen LogP contribution in [0.1, 0.15) is 87.2 Å². The molecule has 0 saturated heterocycles. The molecule has 0 unspecified atom stereocenters. The van der Waals surface area contributed by atoms with E-state index in [1.54, 1.807) is 36.9 Å². The average Bonchev–Trinajstić information content (AvgIpc) is 3.89. The molecule has 4 heterocycles. The molecule has 0 atom stereocenters. The number of hydrogen-bond donors (Lipinski definition) is 0. The molecule has 0 N–H and O–H groups in total. The predicted molar refractivity (Wildman–Crippen MR) is 178 cm³/mol. The highest BCUT2D eigenvalue weighted by molar-refractivity contribution is 7.25. The van der Waals surface area contributed by atoms with Gasteiger partial charge in [-0.05, 0) is 85.0 Å². The van der Waals surface area contributed by atoms with Crippen molar-refractivity contribution in [1.82, 2.24) is 9.97 Å². The first-order valence-corrected chi connectivity index (χ1v) is 17.5. The number of benzene rings is 2. The monoisotopic (exact) mass is 624 g/mol. The number of aromatic nitrogens is 2. The van der Waals surface area contributed by atoms with E-state index in [1.165, 1.54) is 75.3 Å². The molecule has 2 aliphatic carbocycles. The van der Waals surface area contributed by atoms with Crippen molar-refractivity contribution >= 4 is 44.9 Å². The van der Waals surface area contributed by atoms with Crippen molar-refractivity contribution < 1.29 is 18.3 Å². The molecule has 8 rings (SSSR count). The van der Waals surface area contributed by atoms with E-state index >= 15 is 0 Å². The topological polar surface area (TPSA) is 70.5 Å². The van der Waals surface area contributed by atoms with Gasteiger partial charge in [-0.3, -0.25) is 0 Å². The van der Waals surface area contributed by atoms with Crippen molar-refractivity contribution in [3.05, 3.63) is 59.7 Å². The van der Waals surface area contributed by atoms with Gasteiger partial charge in [0.15, 0.2) is 11.2 Å². The van der Waals surface area contributed by atoms with Gasteiger partial charge in [0.1, 0.15) is 22.5 Å². The Labute approximate surface area is 265 Å². The lowest BCUT2D eigenvalue weighted by Crippen LogP contribution is -2.06. The van der Waals surface area contributed by atoms with Crippen molar-refractivity contribution in [2.45, 2.75) is 76.0 Å². The third-order valence-electron chi connectivity index (χ3n) is 9.45. The lowest BCUT2D eigenvalue weighted by molar-refractivity contribution is 0.387. The minimum Gasteiger partial charge on any atom is -0.496 e. The normalized spacial score (nSPS) is 16.7. The zero-order valence-electron chi connectivity index (χ0n) is 25.2. The summed E-state index contributed by atoms with van der Waals surface area (Å²) in [6.45, 7) is 0. The second-order valence-electron chi connectivity index (χ2n) is 12.2. The summed E-state index contributed by atoms with van der Waals surface area (Å²) in [5, 5.41) is 0. The Morgan fingerprint density at radius 3 is 1.39 bits per heavy atom. The molecule has 2 aromatic carbocycles. The van der Waals surface area contributed by atoms with E-state index in [0.717, 1.165) is 53.2 Å². The van der Waals surface area contributed by atoms with Gasteiger partial charge < -0.3 is 18.3 Å². The van der Waals surface area contributed by atoms with Crippen molar-refractivity contribution in [2.24, 2.45) is 0 Å². The summed E-state index contributed by atoms with van der Waals surface area (Å²) < 4.78 is 24.1. The highest BCUT2D eigenvalue weighted by Gasteiger charge is 2.24. The van der Waals surface area contributed by atoms with Crippen LogP contribution in [-0.4, -0.2) is 24.2 Å². The Morgan fingerprint density at radius 1 is 0.568 bits per heavy atom. The molecule has 0 aliphatic heterocycles. The van der Waals surface area contributed by atoms with E-state index in [-0.39, 0.29) is 0 Å². The minimum atomic E-state index is 0.534. The molecule has 4 aromatic heterocycles. The maximum Gasteiger partial charge on any atom is 0.237 e. The van der Waals surface area contributed by atoms with Crippen molar-refractivity contribution in [3.63, 3.8) is 0 Å². The quantitative estimate of drug-likeness (QED) is 0.176. The number of ether oxygens (including phenoxy) is 2. The molecule has 2 fully saturated rings. The van der Waals surface area contributed by atoms with E-state index in [4.69, 9.17) is 28.3 Å². The highest BCUT2D eigenvalue weighted by atomic mass is 32.1. The van der Waals surface area contributed by atoms with Crippen molar-refractivity contribution in [1.29, 1.82) is 0 Å². The van der Waals surface area contributed by atoms with E-state index in [2.05, 4.69) is 36.4 Å². The number of fused-ring (bicyclic) bond motifs is 2. The second kappa shape index (κ2) is 11.7. The Kier molecular flexibility index (Phi) is 7.42. The second-order valence-corrected chi connectivity index (χ2v) is 14.3. The van der Waals surface area contributed by atoms with Crippen LogP contribution in [-0.2, 0) is 0 Å². The van der Waals surface area contributed by atoms with E-state index in [9.17, 15) is 0 Å². The molecule has 0 radical (unpaired) electrons. The predicted octanol–water partition coefficient (Wildman–Crippen LogP) is 11.2. The summed E-state index contributed by atoms with van der Waals surface area (Å²) in [4.78, 5) is 14.2. The van der Waals surface area contributed by atoms with Crippen LogP contribution in [0, 0.1) is 0 Å². The molecule has 8 heteroatoms. The van der Waals surface area contributed by atoms with Crippen LogP contribution in [0.4, 0.5) is 0 Å². The molecular formula is C36H36N2O4S2. The van der Waals surface area contributed by atoms with Crippen LogP contribution in [0.5, 0.6) is 11.5 Å². The maximum absolute atomic E-state index is 6.26. The van der Waals surface area contributed by atoms with E-state index < -0.39 is 0 Å². The molecule has 6 nitrogen and oxygen atoms in total. The van der Waals surface area contributed by atoms with Crippen molar-refractivity contribution in [3.8, 4) is 42.8 Å². The number of hydrogen-bond acceptors (Lipinski definition) is 8. The van der Waals surface area contributed by atoms with Gasteiger partial charge in [0, 0.05) is 21.9 Å². The van der Waals surface area contributed by atoms with Gasteiger partial charge >= 0.3 is 0 Å². The summed E-state index contributed by atoms with van der Waals surface area (Å²) in [6, 6.07) is 16.9. The van der Waals surface area contributed by atoms with E-state index in [1.807, 2.05) is 12.1 Å². The first kappa shape index (κ1) is 27.9. The molecule has 0 amide bonds. The largest absolute Gasteiger partial charge is 0.496 e. The van der Waals surface area contributed by atoms with Gasteiger partial charge in [0.25, 0.3) is 0 Å². The van der Waals surface area contributed by atoms with Crippen LogP contribution in [0.3, 0.4) is 0 Å². The average molecular weight is 625 g/mol. The lowest BCUT2D eigenvalue weighted by atomic mass is 9.83. The minimum absolute atomic E-state index is 0.534. The third kappa shape index (κ3) is 5.12. The molecule has 44 heavy (non-hydrogen) atoms. The fourth-order valence-corrected chi connectivity index (χ4v) is 9.10. The van der Waals surface area contributed by atoms with Crippen molar-refractivity contribution in [2.75, 3.05) is 14.2 Å². The van der Waals surface area contributed by atoms with Crippen LogP contribution in [0.2, 0.25) is 0 Å². The van der Waals surface area contributed by atoms with Crippen LogP contribution >= 0.6 is 22.7 Å². The van der Waals surface area contributed by atoms with Crippen LogP contribution in [0.15, 0.2) is 57.4 Å². The molecule has 2 saturated carbocycles. The standard InChI is InChI=1S/C36H36N2O4S2/c1-39-27-19-29-25(17-23(27)21-9-5-3-6-10-21)37-35(41-29)33-15-13-31(43-33)32-14-16-34(44-32)36-38-26-18-24(22-11-7-4-8-12-22)28(40-2)20-30(26)42-36/h13-22H,3-12H2,1-2H3. The Hall–Kier alpha value is -3.62. The van der Waals surface area contributed by atoms with Gasteiger partial charge in [0.2, 0.25) is 11.8 Å². The molecule has 0 spiro atoms.